The van der Waals surface area contributed by atoms with E-state index in [0.29, 0.717) is 12.2 Å². The van der Waals surface area contributed by atoms with E-state index in [2.05, 4.69) is 10.6 Å². The van der Waals surface area contributed by atoms with Gasteiger partial charge in [0.1, 0.15) is 12.0 Å². The Morgan fingerprint density at radius 3 is 2.38 bits per heavy atom. The van der Waals surface area contributed by atoms with E-state index in [1.807, 2.05) is 12.1 Å². The third kappa shape index (κ3) is 6.07. The van der Waals surface area contributed by atoms with Gasteiger partial charge in [-0.25, -0.2) is 8.42 Å². The predicted octanol–water partition coefficient (Wildman–Crippen LogP) is 0.426. The van der Waals surface area contributed by atoms with Crippen molar-refractivity contribution in [3.8, 4) is 5.75 Å². The average molecular weight is 493 g/mol. The number of nitrogens with zero attached hydrogens (tertiary/aromatic N) is 2. The molecule has 1 saturated heterocycles. The first-order valence-corrected chi connectivity index (χ1v) is 11.7. The van der Waals surface area contributed by atoms with E-state index in [1.54, 1.807) is 19.2 Å². The Morgan fingerprint density at radius 1 is 1.12 bits per heavy atom. The summed E-state index contributed by atoms with van der Waals surface area (Å²) in [5, 5.41) is 15.7. The van der Waals surface area contributed by atoms with Crippen LogP contribution in [0.4, 0.5) is 5.69 Å². The molecular formula is C21H24N4O8S. The SMILES string of the molecule is COc1ccc(CCNC(=O)C(=O)NCC2OCCN2S(=O)(=O)c2ccc([N+](=O)[O-])cc2)cc1. The van der Waals surface area contributed by atoms with Crippen molar-refractivity contribution >= 4 is 27.5 Å². The number of amides is 2. The van der Waals surface area contributed by atoms with E-state index in [4.69, 9.17) is 9.47 Å². The van der Waals surface area contributed by atoms with Crippen molar-refractivity contribution in [1.82, 2.24) is 14.9 Å². The van der Waals surface area contributed by atoms with Crippen molar-refractivity contribution in [3.05, 3.63) is 64.2 Å². The van der Waals surface area contributed by atoms with Gasteiger partial charge in [0, 0.05) is 25.2 Å². The third-order valence-corrected chi connectivity index (χ3v) is 7.00. The Bertz CT molecular complexity index is 1140. The van der Waals surface area contributed by atoms with Crippen molar-refractivity contribution in [2.45, 2.75) is 17.5 Å². The summed E-state index contributed by atoms with van der Waals surface area (Å²) < 4.78 is 37.3. The Balaban J connectivity index is 1.50. The Hall–Kier alpha value is -3.55. The molecule has 2 aromatic rings. The van der Waals surface area contributed by atoms with Crippen LogP contribution in [0.25, 0.3) is 0 Å². The number of nitro groups is 1. The minimum absolute atomic E-state index is 0.0356. The van der Waals surface area contributed by atoms with E-state index in [-0.39, 0.29) is 36.8 Å². The number of methoxy groups -OCH3 is 1. The Kier molecular flexibility index (Phi) is 8.15. The van der Waals surface area contributed by atoms with Crippen molar-refractivity contribution in [1.29, 1.82) is 0 Å². The number of hydrogen-bond donors (Lipinski definition) is 2. The molecular weight excluding hydrogens is 468 g/mol. The second kappa shape index (κ2) is 11.0. The molecule has 1 atom stereocenters. The van der Waals surface area contributed by atoms with E-state index in [0.717, 1.165) is 34.1 Å². The van der Waals surface area contributed by atoms with Crippen LogP contribution in [0.3, 0.4) is 0 Å². The fourth-order valence-corrected chi connectivity index (χ4v) is 4.78. The molecule has 3 rings (SSSR count). The molecule has 0 saturated carbocycles. The van der Waals surface area contributed by atoms with Gasteiger partial charge in [-0.15, -0.1) is 0 Å². The molecule has 182 valence electrons. The lowest BCUT2D eigenvalue weighted by molar-refractivity contribution is -0.384. The maximum atomic E-state index is 12.9. The molecule has 0 radical (unpaired) electrons. The molecule has 0 spiro atoms. The van der Waals surface area contributed by atoms with Crippen LogP contribution in [0, 0.1) is 10.1 Å². The van der Waals surface area contributed by atoms with Gasteiger partial charge in [-0.05, 0) is 36.2 Å². The van der Waals surface area contributed by atoms with Crippen molar-refractivity contribution < 1.29 is 32.4 Å². The van der Waals surface area contributed by atoms with E-state index < -0.39 is 33.0 Å². The molecule has 0 aromatic heterocycles. The lowest BCUT2D eigenvalue weighted by atomic mass is 10.1. The van der Waals surface area contributed by atoms with E-state index >= 15 is 0 Å². The predicted molar refractivity (Wildman–Crippen MR) is 119 cm³/mol. The second-order valence-corrected chi connectivity index (χ2v) is 9.15. The summed E-state index contributed by atoms with van der Waals surface area (Å²) in [6.07, 6.45) is -0.507. The number of hydrogen-bond acceptors (Lipinski definition) is 8. The summed E-state index contributed by atoms with van der Waals surface area (Å²) in [6, 6.07) is 11.7. The highest BCUT2D eigenvalue weighted by Gasteiger charge is 2.36. The minimum Gasteiger partial charge on any atom is -0.497 e. The first-order valence-electron chi connectivity index (χ1n) is 10.3. The summed E-state index contributed by atoms with van der Waals surface area (Å²) in [5.74, 6) is -1.06. The van der Waals surface area contributed by atoms with Crippen LogP contribution < -0.4 is 15.4 Å². The van der Waals surface area contributed by atoms with Gasteiger partial charge in [0.05, 0.1) is 30.1 Å². The van der Waals surface area contributed by atoms with Gasteiger partial charge in [0.15, 0.2) is 0 Å². The van der Waals surface area contributed by atoms with Crippen LogP contribution in [0.1, 0.15) is 5.56 Å². The number of sulfonamides is 1. The molecule has 1 aliphatic rings. The molecule has 0 bridgehead atoms. The fourth-order valence-electron chi connectivity index (χ4n) is 3.27. The molecule has 1 fully saturated rings. The number of carbonyl (C=O) groups is 2. The quantitative estimate of drug-likeness (QED) is 0.290. The van der Waals surface area contributed by atoms with Crippen LogP contribution in [0.5, 0.6) is 5.75 Å². The zero-order valence-corrected chi connectivity index (χ0v) is 19.1. The number of rotatable bonds is 9. The topological polar surface area (TPSA) is 157 Å². The average Bonchev–Trinajstić information content (AvgIpc) is 3.32. The third-order valence-electron chi connectivity index (χ3n) is 5.10. The highest BCUT2D eigenvalue weighted by atomic mass is 32.2. The largest absolute Gasteiger partial charge is 0.497 e. The van der Waals surface area contributed by atoms with Crippen LogP contribution in [-0.4, -0.2) is 69.0 Å². The van der Waals surface area contributed by atoms with E-state index in [9.17, 15) is 28.1 Å². The van der Waals surface area contributed by atoms with E-state index in [1.165, 1.54) is 0 Å². The smallest absolute Gasteiger partial charge is 0.309 e. The minimum atomic E-state index is -4.02. The number of nitro benzene ring substituents is 1. The summed E-state index contributed by atoms with van der Waals surface area (Å²) in [7, 11) is -2.46. The summed E-state index contributed by atoms with van der Waals surface area (Å²) >= 11 is 0. The number of benzene rings is 2. The second-order valence-electron chi connectivity index (χ2n) is 7.26. The summed E-state index contributed by atoms with van der Waals surface area (Å²) in [5.41, 5.74) is 0.714. The fraction of sp³-hybridized carbons (Fsp3) is 0.333. The lowest BCUT2D eigenvalue weighted by Gasteiger charge is -2.22. The molecule has 2 aromatic carbocycles. The number of ether oxygens (including phenoxy) is 2. The van der Waals surface area contributed by atoms with Crippen LogP contribution in [-0.2, 0) is 30.8 Å². The molecule has 34 heavy (non-hydrogen) atoms. The van der Waals surface area contributed by atoms with Gasteiger partial charge in [-0.3, -0.25) is 19.7 Å². The molecule has 0 aliphatic carbocycles. The maximum absolute atomic E-state index is 12.9. The molecule has 13 heteroatoms. The number of carbonyl (C=O) groups excluding carboxylic acids is 2. The zero-order chi connectivity index (χ0) is 24.7. The van der Waals surface area contributed by atoms with Crippen LogP contribution >= 0.6 is 0 Å². The summed E-state index contributed by atoms with van der Waals surface area (Å²) in [6.45, 7) is 0.130. The molecule has 12 nitrogen and oxygen atoms in total. The van der Waals surface area contributed by atoms with Crippen LogP contribution in [0.15, 0.2) is 53.4 Å². The monoisotopic (exact) mass is 492 g/mol. The summed E-state index contributed by atoms with van der Waals surface area (Å²) in [4.78, 5) is 34.2. The molecule has 2 amide bonds. The van der Waals surface area contributed by atoms with Crippen molar-refractivity contribution in [2.75, 3.05) is 33.4 Å². The first kappa shape index (κ1) is 25.1. The van der Waals surface area contributed by atoms with Gasteiger partial charge in [0.2, 0.25) is 10.0 Å². The van der Waals surface area contributed by atoms with Gasteiger partial charge in [-0.2, -0.15) is 4.31 Å². The lowest BCUT2D eigenvalue weighted by Crippen LogP contribution is -2.47. The maximum Gasteiger partial charge on any atom is 0.309 e. The molecule has 1 heterocycles. The highest BCUT2D eigenvalue weighted by Crippen LogP contribution is 2.24. The van der Waals surface area contributed by atoms with Gasteiger partial charge in [0.25, 0.3) is 5.69 Å². The van der Waals surface area contributed by atoms with Gasteiger partial charge >= 0.3 is 11.8 Å². The molecule has 1 unspecified atom stereocenters. The number of non-ortho nitro benzene ring substituents is 1. The normalized spacial score (nSPS) is 16.1. The standard InChI is InChI=1S/C21H24N4O8S/c1-32-17-6-2-15(3-7-17)10-11-22-20(26)21(27)23-14-19-24(12-13-33-19)34(30,31)18-8-4-16(5-9-18)25(28)29/h2-9,19H,10-14H2,1H3,(H,22,26)(H,23,27). The van der Waals surface area contributed by atoms with Crippen LogP contribution in [0.2, 0.25) is 0 Å². The molecule has 2 N–H and O–H groups in total. The number of nitrogens with one attached hydrogen (secondary N) is 2. The molecule has 1 aliphatic heterocycles. The van der Waals surface area contributed by atoms with Gasteiger partial charge in [-0.1, -0.05) is 12.1 Å². The van der Waals surface area contributed by atoms with Crippen molar-refractivity contribution in [2.24, 2.45) is 0 Å². The first-order chi connectivity index (χ1) is 16.2. The Labute approximate surface area is 196 Å². The zero-order valence-electron chi connectivity index (χ0n) is 18.3. The highest BCUT2D eigenvalue weighted by molar-refractivity contribution is 7.89. The Morgan fingerprint density at radius 2 is 1.76 bits per heavy atom. The van der Waals surface area contributed by atoms with Crippen molar-refractivity contribution in [3.63, 3.8) is 0 Å². The van der Waals surface area contributed by atoms with Gasteiger partial charge < -0.3 is 20.1 Å².